The standard InChI is InChI=1S/C15H18FN3O/c1-4-8-17-15-18-10(2)9-12(19-15)11-6-5-7-13(20-3)14(11)16/h5-7,9H,4,8H2,1-3H3,(H,17,18,19). The number of benzene rings is 1. The highest BCUT2D eigenvalue weighted by atomic mass is 19.1. The quantitative estimate of drug-likeness (QED) is 0.908. The van der Waals surface area contributed by atoms with Crippen LogP contribution in [-0.4, -0.2) is 23.6 Å². The van der Waals surface area contributed by atoms with Gasteiger partial charge in [-0.3, -0.25) is 0 Å². The van der Waals surface area contributed by atoms with Gasteiger partial charge in [0.05, 0.1) is 12.8 Å². The van der Waals surface area contributed by atoms with Crippen LogP contribution in [0.15, 0.2) is 24.3 Å². The van der Waals surface area contributed by atoms with Gasteiger partial charge in [0, 0.05) is 17.8 Å². The molecule has 0 aliphatic heterocycles. The minimum absolute atomic E-state index is 0.210. The van der Waals surface area contributed by atoms with E-state index in [1.54, 1.807) is 24.3 Å². The summed E-state index contributed by atoms with van der Waals surface area (Å²) >= 11 is 0. The summed E-state index contributed by atoms with van der Waals surface area (Å²) in [6.07, 6.45) is 0.972. The largest absolute Gasteiger partial charge is 0.494 e. The van der Waals surface area contributed by atoms with E-state index in [4.69, 9.17) is 4.74 Å². The van der Waals surface area contributed by atoms with Crippen LogP contribution >= 0.6 is 0 Å². The Labute approximate surface area is 118 Å². The van der Waals surface area contributed by atoms with Crippen LogP contribution in [-0.2, 0) is 0 Å². The number of halogens is 1. The Morgan fingerprint density at radius 1 is 1.30 bits per heavy atom. The zero-order valence-corrected chi connectivity index (χ0v) is 11.9. The van der Waals surface area contributed by atoms with E-state index in [2.05, 4.69) is 22.2 Å². The number of nitrogens with one attached hydrogen (secondary N) is 1. The molecule has 0 fully saturated rings. The second kappa shape index (κ2) is 6.32. The van der Waals surface area contributed by atoms with Crippen LogP contribution in [0.3, 0.4) is 0 Å². The zero-order chi connectivity index (χ0) is 14.5. The molecule has 2 rings (SSSR count). The molecule has 0 amide bonds. The number of methoxy groups -OCH3 is 1. The van der Waals surface area contributed by atoms with Crippen molar-refractivity contribution >= 4 is 5.95 Å². The van der Waals surface area contributed by atoms with Crippen molar-refractivity contribution in [3.63, 3.8) is 0 Å². The predicted molar refractivity (Wildman–Crippen MR) is 77.5 cm³/mol. The smallest absolute Gasteiger partial charge is 0.223 e. The third-order valence-corrected chi connectivity index (χ3v) is 2.85. The first-order valence-electron chi connectivity index (χ1n) is 6.58. The van der Waals surface area contributed by atoms with Crippen molar-refractivity contribution in [1.82, 2.24) is 9.97 Å². The van der Waals surface area contributed by atoms with E-state index in [-0.39, 0.29) is 5.75 Å². The van der Waals surface area contributed by atoms with Crippen LogP contribution in [0.25, 0.3) is 11.3 Å². The summed E-state index contributed by atoms with van der Waals surface area (Å²) < 4.78 is 19.3. The summed E-state index contributed by atoms with van der Waals surface area (Å²) in [6, 6.07) is 6.77. The third kappa shape index (κ3) is 3.04. The van der Waals surface area contributed by atoms with Gasteiger partial charge in [-0.1, -0.05) is 13.0 Å². The molecule has 1 heterocycles. The lowest BCUT2D eigenvalue weighted by Crippen LogP contribution is -2.06. The fourth-order valence-corrected chi connectivity index (χ4v) is 1.89. The number of aromatic nitrogens is 2. The number of nitrogens with zero attached hydrogens (tertiary/aromatic N) is 2. The minimum Gasteiger partial charge on any atom is -0.494 e. The van der Waals surface area contributed by atoms with Crippen molar-refractivity contribution in [2.24, 2.45) is 0 Å². The molecule has 0 unspecified atom stereocenters. The van der Waals surface area contributed by atoms with Crippen LogP contribution < -0.4 is 10.1 Å². The highest BCUT2D eigenvalue weighted by Gasteiger charge is 2.13. The lowest BCUT2D eigenvalue weighted by Gasteiger charge is -2.10. The van der Waals surface area contributed by atoms with E-state index >= 15 is 0 Å². The number of rotatable bonds is 5. The highest BCUT2D eigenvalue weighted by molar-refractivity contribution is 5.63. The summed E-state index contributed by atoms with van der Waals surface area (Å²) in [4.78, 5) is 8.65. The van der Waals surface area contributed by atoms with Crippen LogP contribution in [0.1, 0.15) is 19.0 Å². The van der Waals surface area contributed by atoms with Gasteiger partial charge >= 0.3 is 0 Å². The van der Waals surface area contributed by atoms with E-state index in [0.717, 1.165) is 18.7 Å². The number of hydrogen-bond acceptors (Lipinski definition) is 4. The van der Waals surface area contributed by atoms with Gasteiger partial charge in [-0.15, -0.1) is 0 Å². The lowest BCUT2D eigenvalue weighted by molar-refractivity contribution is 0.387. The van der Waals surface area contributed by atoms with Gasteiger partial charge in [-0.25, -0.2) is 14.4 Å². The first-order chi connectivity index (χ1) is 9.65. The number of ether oxygens (including phenoxy) is 1. The molecule has 2 aromatic rings. The topological polar surface area (TPSA) is 47.0 Å². The summed E-state index contributed by atoms with van der Waals surface area (Å²) in [5, 5.41) is 3.12. The van der Waals surface area contributed by atoms with Gasteiger partial charge in [-0.05, 0) is 31.5 Å². The van der Waals surface area contributed by atoms with E-state index in [0.29, 0.717) is 17.2 Å². The maximum Gasteiger partial charge on any atom is 0.223 e. The van der Waals surface area contributed by atoms with Gasteiger partial charge in [0.2, 0.25) is 5.95 Å². The molecule has 1 aromatic heterocycles. The van der Waals surface area contributed by atoms with Crippen molar-refractivity contribution in [3.05, 3.63) is 35.8 Å². The molecule has 0 radical (unpaired) electrons. The predicted octanol–water partition coefficient (Wildman–Crippen LogP) is 3.42. The molecule has 0 bridgehead atoms. The van der Waals surface area contributed by atoms with Crippen LogP contribution in [0, 0.1) is 12.7 Å². The van der Waals surface area contributed by atoms with Gasteiger partial charge in [0.25, 0.3) is 0 Å². The van der Waals surface area contributed by atoms with Gasteiger partial charge in [0.15, 0.2) is 11.6 Å². The summed E-state index contributed by atoms with van der Waals surface area (Å²) in [5.41, 5.74) is 1.75. The highest BCUT2D eigenvalue weighted by Crippen LogP contribution is 2.28. The van der Waals surface area contributed by atoms with Crippen molar-refractivity contribution in [2.75, 3.05) is 19.0 Å². The molecule has 5 heteroatoms. The molecule has 0 aliphatic rings. The molecule has 0 spiro atoms. The Kier molecular flexibility index (Phi) is 4.50. The molecular formula is C15H18FN3O. The van der Waals surface area contributed by atoms with Gasteiger partial charge < -0.3 is 10.1 Å². The molecule has 4 nitrogen and oxygen atoms in total. The van der Waals surface area contributed by atoms with E-state index in [1.165, 1.54) is 7.11 Å². The van der Waals surface area contributed by atoms with Crippen molar-refractivity contribution in [1.29, 1.82) is 0 Å². The molecule has 0 aliphatic carbocycles. The Morgan fingerprint density at radius 2 is 2.10 bits per heavy atom. The Balaban J connectivity index is 2.44. The molecular weight excluding hydrogens is 257 g/mol. The molecule has 20 heavy (non-hydrogen) atoms. The molecule has 106 valence electrons. The van der Waals surface area contributed by atoms with E-state index < -0.39 is 5.82 Å². The Morgan fingerprint density at radius 3 is 2.80 bits per heavy atom. The third-order valence-electron chi connectivity index (χ3n) is 2.85. The maximum atomic E-state index is 14.3. The van der Waals surface area contributed by atoms with Crippen LogP contribution in [0.4, 0.5) is 10.3 Å². The molecule has 0 atom stereocenters. The lowest BCUT2D eigenvalue weighted by atomic mass is 10.1. The van der Waals surface area contributed by atoms with Gasteiger partial charge in [-0.2, -0.15) is 0 Å². The normalized spacial score (nSPS) is 10.4. The monoisotopic (exact) mass is 275 g/mol. The minimum atomic E-state index is -0.408. The summed E-state index contributed by atoms with van der Waals surface area (Å²) in [5.74, 6) is 0.320. The average Bonchev–Trinajstić information content (AvgIpc) is 2.44. The van der Waals surface area contributed by atoms with Crippen molar-refractivity contribution in [2.45, 2.75) is 20.3 Å². The fraction of sp³-hybridized carbons (Fsp3) is 0.333. The molecule has 0 saturated carbocycles. The molecule has 1 aromatic carbocycles. The number of aryl methyl sites for hydroxylation is 1. The first kappa shape index (κ1) is 14.2. The Bertz CT molecular complexity index is 602. The second-order valence-electron chi connectivity index (χ2n) is 4.47. The average molecular weight is 275 g/mol. The summed E-state index contributed by atoms with van der Waals surface area (Å²) in [6.45, 7) is 4.70. The fourth-order valence-electron chi connectivity index (χ4n) is 1.89. The van der Waals surface area contributed by atoms with Crippen LogP contribution in [0.2, 0.25) is 0 Å². The van der Waals surface area contributed by atoms with Crippen molar-refractivity contribution in [3.8, 4) is 17.0 Å². The zero-order valence-electron chi connectivity index (χ0n) is 11.9. The molecule has 0 saturated heterocycles. The summed E-state index contributed by atoms with van der Waals surface area (Å²) in [7, 11) is 1.45. The first-order valence-corrected chi connectivity index (χ1v) is 6.58. The number of anilines is 1. The van der Waals surface area contributed by atoms with E-state index in [9.17, 15) is 4.39 Å². The van der Waals surface area contributed by atoms with Gasteiger partial charge in [0.1, 0.15) is 0 Å². The second-order valence-corrected chi connectivity index (χ2v) is 4.47. The maximum absolute atomic E-state index is 14.3. The van der Waals surface area contributed by atoms with E-state index in [1.807, 2.05) is 6.92 Å². The van der Waals surface area contributed by atoms with Crippen LogP contribution in [0.5, 0.6) is 5.75 Å². The number of hydrogen-bond donors (Lipinski definition) is 1. The Hall–Kier alpha value is -2.17. The molecule has 1 N–H and O–H groups in total. The van der Waals surface area contributed by atoms with Crippen molar-refractivity contribution < 1.29 is 9.13 Å². The SMILES string of the molecule is CCCNc1nc(C)cc(-c2cccc(OC)c2F)n1.